The van der Waals surface area contributed by atoms with Crippen LogP contribution in [0.3, 0.4) is 0 Å². The maximum atomic E-state index is 12.8. The molecule has 1 N–H and O–H groups in total. The Balaban J connectivity index is 1.36. The molecule has 3 aliphatic rings. The number of nitrogens with one attached hydrogen (secondary N) is 1. The summed E-state index contributed by atoms with van der Waals surface area (Å²) < 4.78 is 10.9. The smallest absolute Gasteiger partial charge is 0.269 e. The summed E-state index contributed by atoms with van der Waals surface area (Å²) in [5, 5.41) is 22.2. The van der Waals surface area contributed by atoms with Crippen molar-refractivity contribution < 1.29 is 14.3 Å². The van der Waals surface area contributed by atoms with E-state index in [2.05, 4.69) is 38.3 Å². The van der Waals surface area contributed by atoms with E-state index in [9.17, 15) is 5.21 Å². The molecule has 9 nitrogen and oxygen atoms in total. The lowest BCUT2D eigenvalue weighted by atomic mass is 9.80. The van der Waals surface area contributed by atoms with Gasteiger partial charge in [-0.25, -0.2) is 9.97 Å². The van der Waals surface area contributed by atoms with Gasteiger partial charge >= 0.3 is 0 Å². The second kappa shape index (κ2) is 7.92. The monoisotopic (exact) mass is 440 g/mol. The molecule has 0 radical (unpaired) electrons. The van der Waals surface area contributed by atoms with Gasteiger partial charge in [0.25, 0.3) is 6.17 Å². The molecule has 1 aromatic carbocycles. The summed E-state index contributed by atoms with van der Waals surface area (Å²) in [4.78, 5) is 11.3. The molecule has 0 spiro atoms. The molecule has 2 aromatic rings. The van der Waals surface area contributed by atoms with Crippen molar-refractivity contribution >= 4 is 17.4 Å². The number of hydroxylamine groups is 1. The molecule has 4 heterocycles. The van der Waals surface area contributed by atoms with Gasteiger partial charge in [-0.2, -0.15) is 0 Å². The third kappa shape index (κ3) is 3.44. The number of hydrogen-bond acceptors (Lipinski definition) is 9. The molecule has 1 aromatic heterocycles. The summed E-state index contributed by atoms with van der Waals surface area (Å²) in [6, 6.07) is 5.91. The molecule has 10 heteroatoms. The van der Waals surface area contributed by atoms with Crippen molar-refractivity contribution in [2.24, 2.45) is 17.0 Å². The number of ether oxygens (including phenoxy) is 2. The Morgan fingerprint density at radius 3 is 2.97 bits per heavy atom. The van der Waals surface area contributed by atoms with Crippen LogP contribution in [0.4, 0.5) is 5.69 Å². The Hall–Kier alpha value is -3.01. The zero-order chi connectivity index (χ0) is 21.5. The summed E-state index contributed by atoms with van der Waals surface area (Å²) in [6.07, 6.45) is 4.75. The number of thioether (sulfide) groups is 1. The van der Waals surface area contributed by atoms with Gasteiger partial charge in [-0.05, 0) is 42.2 Å². The van der Waals surface area contributed by atoms with Crippen LogP contribution in [0.1, 0.15) is 18.9 Å². The molecule has 3 atom stereocenters. The number of rotatable bonds is 4. The molecule has 31 heavy (non-hydrogen) atoms. The van der Waals surface area contributed by atoms with Crippen molar-refractivity contribution in [3.8, 4) is 11.5 Å². The zero-order valence-electron chi connectivity index (χ0n) is 17.6. The van der Waals surface area contributed by atoms with E-state index in [4.69, 9.17) is 9.47 Å². The molecular weight excluding hydrogens is 416 g/mol. The van der Waals surface area contributed by atoms with E-state index in [1.165, 1.54) is 18.1 Å². The van der Waals surface area contributed by atoms with Crippen LogP contribution in [-0.2, 0) is 6.42 Å². The maximum absolute atomic E-state index is 12.8. The number of benzene rings is 1. The topological polar surface area (TPSA) is 97.9 Å². The number of methoxy groups -OCH3 is 2. The number of piperidine rings is 1. The number of nitrogens with zero attached hydrogens (tertiary/aromatic N) is 5. The third-order valence-electron chi connectivity index (χ3n) is 6.27. The molecule has 0 aliphatic carbocycles. The predicted octanol–water partition coefficient (Wildman–Crippen LogP) is 3.64. The van der Waals surface area contributed by atoms with Crippen molar-refractivity contribution in [1.82, 2.24) is 14.9 Å². The normalized spacial score (nSPS) is 26.7. The van der Waals surface area contributed by atoms with E-state index in [0.29, 0.717) is 11.7 Å². The van der Waals surface area contributed by atoms with Crippen molar-refractivity contribution in [1.29, 1.82) is 0 Å². The van der Waals surface area contributed by atoms with Crippen molar-refractivity contribution in [2.75, 3.05) is 26.1 Å². The van der Waals surface area contributed by atoms with Crippen LogP contribution in [0.2, 0.25) is 0 Å². The van der Waals surface area contributed by atoms with E-state index in [0.717, 1.165) is 57.1 Å². The molecule has 1 fully saturated rings. The quantitative estimate of drug-likeness (QED) is 0.437. The Labute approximate surface area is 184 Å². The Morgan fingerprint density at radius 1 is 1.32 bits per heavy atom. The first-order valence-electron chi connectivity index (χ1n) is 10.2. The van der Waals surface area contributed by atoms with Crippen LogP contribution >= 0.6 is 11.8 Å². The fraction of sp³-hybridized carbons (Fsp3) is 0.429. The molecule has 0 saturated carbocycles. The molecule has 0 unspecified atom stereocenters. The van der Waals surface area contributed by atoms with E-state index < -0.39 is 0 Å². The molecule has 0 bridgehead atoms. The first-order valence-corrected chi connectivity index (χ1v) is 11.1. The van der Waals surface area contributed by atoms with Crippen LogP contribution in [-0.4, -0.2) is 46.7 Å². The van der Waals surface area contributed by atoms with Gasteiger partial charge in [0.15, 0.2) is 0 Å². The minimum Gasteiger partial charge on any atom is -0.598 e. The Morgan fingerprint density at radius 2 is 2.19 bits per heavy atom. The lowest BCUT2D eigenvalue weighted by Gasteiger charge is -2.37. The molecule has 1 saturated heterocycles. The van der Waals surface area contributed by atoms with Crippen molar-refractivity contribution in [3.63, 3.8) is 0 Å². The lowest BCUT2D eigenvalue weighted by molar-refractivity contribution is -0.581. The highest BCUT2D eigenvalue weighted by atomic mass is 32.2. The second-order valence-electron chi connectivity index (χ2n) is 7.92. The Bertz CT molecular complexity index is 1050. The number of aromatic nitrogens is 2. The van der Waals surface area contributed by atoms with Gasteiger partial charge in [-0.3, -0.25) is 4.90 Å². The largest absolute Gasteiger partial charge is 0.598 e. The summed E-state index contributed by atoms with van der Waals surface area (Å²) in [5.41, 5.74) is 1.97. The second-order valence-corrected chi connectivity index (χ2v) is 8.92. The van der Waals surface area contributed by atoms with Crippen LogP contribution in [0.5, 0.6) is 11.5 Å². The SMILES string of the molecule is COc1ccc(C[C@@H]2CCN3C(=C4Nc5cncnc5S4)N=[N+]([O-])[C@@H]3[C@@H]2C)c(OC)c1. The average molecular weight is 441 g/mol. The maximum Gasteiger partial charge on any atom is 0.269 e. The van der Waals surface area contributed by atoms with E-state index in [1.54, 1.807) is 20.4 Å². The molecular formula is C21H24N6O3S. The fourth-order valence-electron chi connectivity index (χ4n) is 4.59. The Kier molecular flexibility index (Phi) is 5.09. The highest BCUT2D eigenvalue weighted by molar-refractivity contribution is 8.03. The van der Waals surface area contributed by atoms with Crippen LogP contribution in [0.25, 0.3) is 0 Å². The summed E-state index contributed by atoms with van der Waals surface area (Å²) in [6.45, 7) is 2.91. The lowest BCUT2D eigenvalue weighted by Crippen LogP contribution is -2.48. The average Bonchev–Trinajstić information content (AvgIpc) is 3.37. The standard InChI is InChI=1S/C21H24N6O3S/c1-12-13(8-14-4-5-15(29-2)9-17(14)30-3)6-7-26-18(25-27(28)21(12)26)20-24-16-10-22-11-23-19(16)31-20/h4-5,9-13,21,24H,6-8H2,1-3H3/t12-,13+,21-/m1/s1. The summed E-state index contributed by atoms with van der Waals surface area (Å²) in [7, 11) is 3.32. The van der Waals surface area contributed by atoms with Crippen molar-refractivity contribution in [2.45, 2.75) is 31.0 Å². The minimum atomic E-state index is -0.317. The summed E-state index contributed by atoms with van der Waals surface area (Å²) in [5.74, 6) is 2.75. The van der Waals surface area contributed by atoms with Gasteiger partial charge in [0.2, 0.25) is 5.82 Å². The number of fused-ring (bicyclic) bond motifs is 2. The summed E-state index contributed by atoms with van der Waals surface area (Å²) >= 11 is 1.49. The molecule has 0 amide bonds. The van der Waals surface area contributed by atoms with Gasteiger partial charge in [0, 0.05) is 23.6 Å². The van der Waals surface area contributed by atoms with E-state index in [-0.39, 0.29) is 12.1 Å². The number of hydrogen-bond donors (Lipinski definition) is 1. The van der Waals surface area contributed by atoms with Gasteiger partial charge in [0.05, 0.1) is 26.1 Å². The number of azo groups is 1. The van der Waals surface area contributed by atoms with Gasteiger partial charge in [0.1, 0.15) is 27.9 Å². The van der Waals surface area contributed by atoms with E-state index in [1.807, 2.05) is 12.1 Å². The minimum absolute atomic E-state index is 0.133. The van der Waals surface area contributed by atoms with Crippen LogP contribution in [0.15, 0.2) is 51.7 Å². The molecule has 5 rings (SSSR count). The molecule has 3 aliphatic heterocycles. The first kappa shape index (κ1) is 19.9. The van der Waals surface area contributed by atoms with Gasteiger partial charge in [-0.15, -0.1) is 0 Å². The van der Waals surface area contributed by atoms with Gasteiger partial charge < -0.3 is 20.0 Å². The van der Waals surface area contributed by atoms with E-state index >= 15 is 0 Å². The van der Waals surface area contributed by atoms with Gasteiger partial charge in [-0.1, -0.05) is 17.9 Å². The van der Waals surface area contributed by atoms with Crippen molar-refractivity contribution in [3.05, 3.63) is 52.3 Å². The highest BCUT2D eigenvalue weighted by Crippen LogP contribution is 2.45. The molecule has 162 valence electrons. The first-order chi connectivity index (χ1) is 15.1. The zero-order valence-corrected chi connectivity index (χ0v) is 18.4. The fourth-order valence-corrected chi connectivity index (χ4v) is 5.50. The number of anilines is 1. The van der Waals surface area contributed by atoms with Crippen LogP contribution in [0, 0.1) is 17.0 Å². The third-order valence-corrected chi connectivity index (χ3v) is 7.28. The highest BCUT2D eigenvalue weighted by Gasteiger charge is 2.48. The predicted molar refractivity (Wildman–Crippen MR) is 116 cm³/mol. The van der Waals surface area contributed by atoms with Crippen LogP contribution < -0.4 is 14.8 Å².